The molecular weight excluding hydrogens is 502 g/mol. The van der Waals surface area contributed by atoms with E-state index in [-0.39, 0.29) is 10.8 Å². The van der Waals surface area contributed by atoms with Gasteiger partial charge in [0.15, 0.2) is 0 Å². The van der Waals surface area contributed by atoms with Gasteiger partial charge in [-0.25, -0.2) is 0 Å². The van der Waals surface area contributed by atoms with E-state index in [2.05, 4.69) is 90.1 Å². The van der Waals surface area contributed by atoms with Crippen LogP contribution in [0.25, 0.3) is 0 Å². The zero-order valence-electron chi connectivity index (χ0n) is 15.4. The Morgan fingerprint density at radius 2 is 0.917 bits per heavy atom. The SMILES string of the molecule is CC(C)(C)c1ccc([C](c2ccc(C(C)(C)C)cc2)=[Hf]([Cl])[Cl])cc1. The second kappa shape index (κ2) is 7.56. The topological polar surface area (TPSA) is 0 Å². The van der Waals surface area contributed by atoms with Crippen molar-refractivity contribution in [1.29, 1.82) is 0 Å². The summed E-state index contributed by atoms with van der Waals surface area (Å²) in [6, 6.07) is 17.5. The minimum absolute atomic E-state index is 0.151. The molecule has 0 atom stereocenters. The number of hydrogen-bond donors (Lipinski definition) is 0. The van der Waals surface area contributed by atoms with Crippen molar-refractivity contribution in [1.82, 2.24) is 0 Å². The molecule has 0 aliphatic carbocycles. The first-order valence-corrected chi connectivity index (χ1v) is 19.0. The monoisotopic (exact) mass is 528 g/mol. The van der Waals surface area contributed by atoms with Gasteiger partial charge in [0.25, 0.3) is 0 Å². The molecule has 0 saturated heterocycles. The van der Waals surface area contributed by atoms with Crippen molar-refractivity contribution in [2.24, 2.45) is 0 Å². The van der Waals surface area contributed by atoms with Gasteiger partial charge in [-0.05, 0) is 0 Å². The predicted molar refractivity (Wildman–Crippen MR) is 105 cm³/mol. The normalized spacial score (nSPS) is 12.2. The van der Waals surface area contributed by atoms with Crippen LogP contribution in [0, 0.1) is 0 Å². The molecular formula is C21H26Cl2Hf. The van der Waals surface area contributed by atoms with E-state index >= 15 is 0 Å². The van der Waals surface area contributed by atoms with Crippen LogP contribution in [-0.2, 0) is 29.4 Å². The summed E-state index contributed by atoms with van der Waals surface area (Å²) in [5.41, 5.74) is 5.28. The molecule has 24 heavy (non-hydrogen) atoms. The van der Waals surface area contributed by atoms with E-state index in [9.17, 15) is 0 Å². The number of rotatable bonds is 2. The summed E-state index contributed by atoms with van der Waals surface area (Å²) in [7, 11) is 13.0. The van der Waals surface area contributed by atoms with Gasteiger partial charge in [0.1, 0.15) is 0 Å². The summed E-state index contributed by atoms with van der Waals surface area (Å²) in [4.78, 5) is 0. The fourth-order valence-corrected chi connectivity index (χ4v) is 9.00. The van der Waals surface area contributed by atoms with Crippen LogP contribution in [0.4, 0.5) is 0 Å². The summed E-state index contributed by atoms with van der Waals surface area (Å²) in [6.45, 7) is 13.4. The average molecular weight is 528 g/mol. The Hall–Kier alpha value is -0.240. The molecule has 0 unspecified atom stereocenters. The van der Waals surface area contributed by atoms with Gasteiger partial charge in [0, 0.05) is 0 Å². The van der Waals surface area contributed by atoms with Gasteiger partial charge in [-0.2, -0.15) is 0 Å². The van der Waals surface area contributed by atoms with Gasteiger partial charge >= 0.3 is 162 Å². The summed E-state index contributed by atoms with van der Waals surface area (Å²) >= 11 is -2.76. The van der Waals surface area contributed by atoms with Crippen LogP contribution in [-0.4, -0.2) is 3.26 Å². The van der Waals surface area contributed by atoms with Gasteiger partial charge in [-0.1, -0.05) is 0 Å². The second-order valence-corrected chi connectivity index (χ2v) is 19.7. The molecule has 3 heteroatoms. The Balaban J connectivity index is 2.43. The van der Waals surface area contributed by atoms with Gasteiger partial charge < -0.3 is 0 Å². The van der Waals surface area contributed by atoms with Crippen LogP contribution in [0.2, 0.25) is 0 Å². The summed E-state index contributed by atoms with van der Waals surface area (Å²) in [6.07, 6.45) is 0. The third-order valence-corrected chi connectivity index (χ3v) is 10.8. The van der Waals surface area contributed by atoms with E-state index in [1.807, 2.05) is 0 Å². The molecule has 0 spiro atoms. The van der Waals surface area contributed by atoms with Gasteiger partial charge in [0.2, 0.25) is 0 Å². The van der Waals surface area contributed by atoms with Crippen LogP contribution >= 0.6 is 17.2 Å². The van der Waals surface area contributed by atoms with Crippen molar-refractivity contribution in [3.05, 3.63) is 70.8 Å². The molecule has 0 N–H and O–H groups in total. The molecule has 2 rings (SSSR count). The van der Waals surface area contributed by atoms with Crippen molar-refractivity contribution >= 4 is 20.4 Å². The molecule has 0 aliphatic rings. The Bertz CT molecular complexity index is 664. The van der Waals surface area contributed by atoms with Crippen LogP contribution in [0.1, 0.15) is 63.8 Å². The number of benzene rings is 2. The van der Waals surface area contributed by atoms with Gasteiger partial charge in [-0.3, -0.25) is 0 Å². The average Bonchev–Trinajstić information content (AvgIpc) is 2.46. The first kappa shape index (κ1) is 20.1. The first-order chi connectivity index (χ1) is 11.0. The van der Waals surface area contributed by atoms with Gasteiger partial charge in [-0.15, -0.1) is 0 Å². The Labute approximate surface area is 161 Å². The molecule has 0 amide bonds. The van der Waals surface area contributed by atoms with Crippen molar-refractivity contribution < 1.29 is 18.6 Å². The predicted octanol–water partition coefficient (Wildman–Crippen LogP) is 6.78. The Morgan fingerprint density at radius 3 is 1.12 bits per heavy atom. The van der Waals surface area contributed by atoms with Crippen molar-refractivity contribution in [2.45, 2.75) is 52.4 Å². The van der Waals surface area contributed by atoms with Crippen LogP contribution in [0.5, 0.6) is 0 Å². The molecule has 0 aromatic heterocycles. The van der Waals surface area contributed by atoms with E-state index in [1.54, 1.807) is 0 Å². The summed E-state index contributed by atoms with van der Waals surface area (Å²) in [5, 5.41) is 0. The molecule has 0 heterocycles. The molecule has 128 valence electrons. The fraction of sp³-hybridized carbons (Fsp3) is 0.381. The van der Waals surface area contributed by atoms with Gasteiger partial charge in [0.05, 0.1) is 0 Å². The number of hydrogen-bond acceptors (Lipinski definition) is 0. The third-order valence-electron chi connectivity index (χ3n) is 4.27. The van der Waals surface area contributed by atoms with E-state index in [0.717, 1.165) is 0 Å². The Kier molecular flexibility index (Phi) is 6.32. The quantitative estimate of drug-likeness (QED) is 0.378. The summed E-state index contributed by atoms with van der Waals surface area (Å²) in [5.74, 6) is 0. The van der Waals surface area contributed by atoms with Crippen molar-refractivity contribution in [3.63, 3.8) is 0 Å². The fourth-order valence-electron chi connectivity index (χ4n) is 2.66. The van der Waals surface area contributed by atoms with Crippen LogP contribution in [0.15, 0.2) is 48.5 Å². The van der Waals surface area contributed by atoms with E-state index < -0.39 is 18.6 Å². The second-order valence-electron chi connectivity index (χ2n) is 8.29. The molecule has 0 fully saturated rings. The summed E-state index contributed by atoms with van der Waals surface area (Å²) < 4.78 is 1.17. The van der Waals surface area contributed by atoms with E-state index in [1.165, 1.54) is 25.5 Å². The van der Waals surface area contributed by atoms with E-state index in [0.29, 0.717) is 0 Å². The molecule has 0 bridgehead atoms. The van der Waals surface area contributed by atoms with Crippen molar-refractivity contribution in [3.8, 4) is 0 Å². The zero-order valence-corrected chi connectivity index (χ0v) is 20.5. The molecule has 2 aromatic carbocycles. The molecule has 2 aromatic rings. The zero-order chi connectivity index (χ0) is 18.1. The third kappa shape index (κ3) is 4.90. The maximum atomic E-state index is 6.51. The van der Waals surface area contributed by atoms with E-state index in [4.69, 9.17) is 17.2 Å². The Morgan fingerprint density at radius 1 is 0.625 bits per heavy atom. The standard InChI is InChI=1S/C21H26.2ClH.Hf/c1-20(2,3)18-11-7-16(8-12-18)15-17-9-13-19(14-10-17)21(4,5)6;;;/h7-14H,1-6H3;2*1H;/q;;;+2/p-2. The molecule has 0 nitrogen and oxygen atoms in total. The minimum atomic E-state index is -2.76. The first-order valence-electron chi connectivity index (χ1n) is 8.27. The molecule has 0 aliphatic heterocycles. The van der Waals surface area contributed by atoms with Crippen LogP contribution in [0.3, 0.4) is 0 Å². The number of halogens is 2. The van der Waals surface area contributed by atoms with Crippen molar-refractivity contribution in [2.75, 3.05) is 0 Å². The maximum absolute atomic E-state index is 6.51. The molecule has 0 radical (unpaired) electrons. The molecule has 0 saturated carbocycles. The van der Waals surface area contributed by atoms with Crippen LogP contribution < -0.4 is 0 Å².